The van der Waals surface area contributed by atoms with Gasteiger partial charge in [-0.15, -0.1) is 0 Å². The van der Waals surface area contributed by atoms with Crippen molar-refractivity contribution in [3.8, 4) is 66.8 Å². The third kappa shape index (κ3) is 6.22. The molecule has 1 heteroatoms. The first-order chi connectivity index (χ1) is 30.1. The van der Waals surface area contributed by atoms with Crippen LogP contribution in [-0.2, 0) is 10.8 Å². The smallest absolute Gasteiger partial charge is 0.0465 e. The Morgan fingerprint density at radius 1 is 0.274 bits per heavy atom. The number of fused-ring (bicyclic) bond motifs is 6. The molecule has 0 atom stereocenters. The summed E-state index contributed by atoms with van der Waals surface area (Å²) in [5.74, 6) is 0. The van der Waals surface area contributed by atoms with Crippen LogP contribution in [0.25, 0.3) is 66.8 Å². The molecule has 0 saturated heterocycles. The van der Waals surface area contributed by atoms with Gasteiger partial charge >= 0.3 is 0 Å². The lowest BCUT2D eigenvalue weighted by atomic mass is 9.81. The van der Waals surface area contributed by atoms with Crippen LogP contribution in [-0.4, -0.2) is 0 Å². The van der Waals surface area contributed by atoms with Gasteiger partial charge in [0.1, 0.15) is 0 Å². The van der Waals surface area contributed by atoms with Crippen molar-refractivity contribution < 1.29 is 0 Å². The molecule has 9 aromatic carbocycles. The molecule has 0 fully saturated rings. The van der Waals surface area contributed by atoms with Crippen LogP contribution in [0, 0.1) is 6.92 Å². The van der Waals surface area contributed by atoms with Crippen molar-refractivity contribution in [1.29, 1.82) is 0 Å². The van der Waals surface area contributed by atoms with Gasteiger partial charge in [-0.1, -0.05) is 191 Å². The Bertz CT molecular complexity index is 2940. The molecular formula is C61H49N. The van der Waals surface area contributed by atoms with E-state index in [1.165, 1.54) is 106 Å². The number of hydrogen-bond donors (Lipinski definition) is 0. The highest BCUT2D eigenvalue weighted by atomic mass is 15.1. The molecule has 0 N–H and O–H groups in total. The average Bonchev–Trinajstić information content (AvgIpc) is 3.68. The van der Waals surface area contributed by atoms with Gasteiger partial charge in [-0.25, -0.2) is 0 Å². The first-order valence-electron chi connectivity index (χ1n) is 21.9. The lowest BCUT2D eigenvalue weighted by Crippen LogP contribution is -2.18. The summed E-state index contributed by atoms with van der Waals surface area (Å²) >= 11 is 0. The first kappa shape index (κ1) is 37.8. The van der Waals surface area contributed by atoms with Crippen LogP contribution in [0.2, 0.25) is 0 Å². The first-order valence-corrected chi connectivity index (χ1v) is 21.9. The van der Waals surface area contributed by atoms with Crippen LogP contribution >= 0.6 is 0 Å². The van der Waals surface area contributed by atoms with Crippen molar-refractivity contribution in [2.45, 2.75) is 45.4 Å². The summed E-state index contributed by atoms with van der Waals surface area (Å²) in [5.41, 5.74) is 25.1. The van der Waals surface area contributed by atoms with Gasteiger partial charge in [0, 0.05) is 27.9 Å². The number of aryl methyl sites for hydroxylation is 1. The minimum Gasteiger partial charge on any atom is -0.310 e. The van der Waals surface area contributed by atoms with Gasteiger partial charge in [-0.3, -0.25) is 0 Å². The Hall–Kier alpha value is -7.22. The highest BCUT2D eigenvalue weighted by Crippen LogP contribution is 2.54. The van der Waals surface area contributed by atoms with Crippen molar-refractivity contribution in [2.24, 2.45) is 0 Å². The Labute approximate surface area is 366 Å². The third-order valence-corrected chi connectivity index (χ3v) is 13.8. The van der Waals surface area contributed by atoms with E-state index < -0.39 is 0 Å². The average molecular weight is 796 g/mol. The van der Waals surface area contributed by atoms with E-state index in [0.717, 1.165) is 5.69 Å². The standard InChI is InChI=1S/C61H49N/c1-40-16-28-49(29-17-40)62(50-30-34-54-52-32-26-47(36-56(52)60(2,3)58(54)38-50)45-22-18-43(19-23-45)41-12-8-6-9-13-41)51-31-35-55-53-33-27-48(37-57(53)61(4,5)59(55)39-51)46-24-20-44(21-25-46)42-14-10-7-11-15-42/h6-39H,1-5H3. The molecule has 0 saturated carbocycles. The van der Waals surface area contributed by atoms with Crippen LogP contribution in [0.4, 0.5) is 17.1 Å². The highest BCUT2D eigenvalue weighted by molar-refractivity contribution is 5.90. The summed E-state index contributed by atoms with van der Waals surface area (Å²) in [7, 11) is 0. The number of hydrogen-bond acceptors (Lipinski definition) is 1. The van der Waals surface area contributed by atoms with E-state index in [-0.39, 0.29) is 10.8 Å². The van der Waals surface area contributed by atoms with Gasteiger partial charge in [0.25, 0.3) is 0 Å². The van der Waals surface area contributed by atoms with Crippen LogP contribution in [0.15, 0.2) is 206 Å². The Kier molecular flexibility index (Phi) is 8.81. The predicted octanol–water partition coefficient (Wildman–Crippen LogP) is 16.7. The molecule has 0 amide bonds. The van der Waals surface area contributed by atoms with Crippen LogP contribution in [0.1, 0.15) is 55.5 Å². The quantitative estimate of drug-likeness (QED) is 0.155. The summed E-state index contributed by atoms with van der Waals surface area (Å²) < 4.78 is 0. The topological polar surface area (TPSA) is 3.24 Å². The van der Waals surface area contributed by atoms with Gasteiger partial charge in [0.2, 0.25) is 0 Å². The molecular weight excluding hydrogens is 747 g/mol. The van der Waals surface area contributed by atoms with E-state index in [2.05, 4.69) is 246 Å². The highest BCUT2D eigenvalue weighted by Gasteiger charge is 2.38. The van der Waals surface area contributed by atoms with Gasteiger partial charge in [-0.2, -0.15) is 0 Å². The molecule has 1 nitrogen and oxygen atoms in total. The lowest BCUT2D eigenvalue weighted by molar-refractivity contribution is 0.660. The fourth-order valence-electron chi connectivity index (χ4n) is 10.2. The second kappa shape index (κ2) is 14.5. The monoisotopic (exact) mass is 795 g/mol. The summed E-state index contributed by atoms with van der Waals surface area (Å²) in [4.78, 5) is 2.46. The number of nitrogens with zero attached hydrogens (tertiary/aromatic N) is 1. The van der Waals surface area contributed by atoms with Gasteiger partial charge in [0.05, 0.1) is 0 Å². The molecule has 9 aromatic rings. The zero-order chi connectivity index (χ0) is 42.2. The maximum atomic E-state index is 2.46. The summed E-state index contributed by atoms with van der Waals surface area (Å²) in [6.07, 6.45) is 0. The van der Waals surface area contributed by atoms with Gasteiger partial charge in [0.15, 0.2) is 0 Å². The fraction of sp³-hybridized carbons (Fsp3) is 0.115. The second-order valence-corrected chi connectivity index (χ2v) is 18.3. The minimum absolute atomic E-state index is 0.180. The van der Waals surface area contributed by atoms with E-state index in [1.807, 2.05) is 0 Å². The second-order valence-electron chi connectivity index (χ2n) is 18.3. The molecule has 2 aliphatic rings. The summed E-state index contributed by atoms with van der Waals surface area (Å²) in [6.45, 7) is 11.7. The van der Waals surface area contributed by atoms with Crippen molar-refractivity contribution in [3.05, 3.63) is 234 Å². The largest absolute Gasteiger partial charge is 0.310 e. The molecule has 0 unspecified atom stereocenters. The van der Waals surface area contributed by atoms with Crippen LogP contribution in [0.5, 0.6) is 0 Å². The molecule has 298 valence electrons. The molecule has 2 aliphatic carbocycles. The molecule has 0 heterocycles. The third-order valence-electron chi connectivity index (χ3n) is 13.8. The number of anilines is 3. The zero-order valence-electron chi connectivity index (χ0n) is 36.1. The fourth-order valence-corrected chi connectivity index (χ4v) is 10.2. The van der Waals surface area contributed by atoms with Gasteiger partial charge in [-0.05, 0) is 144 Å². The zero-order valence-corrected chi connectivity index (χ0v) is 36.1. The Morgan fingerprint density at radius 3 is 0.952 bits per heavy atom. The molecule has 62 heavy (non-hydrogen) atoms. The lowest BCUT2D eigenvalue weighted by Gasteiger charge is -2.30. The Balaban J connectivity index is 0.938. The molecule has 0 aliphatic heterocycles. The van der Waals surface area contributed by atoms with Crippen LogP contribution < -0.4 is 4.90 Å². The normalized spacial score (nSPS) is 13.8. The van der Waals surface area contributed by atoms with Crippen LogP contribution in [0.3, 0.4) is 0 Å². The maximum Gasteiger partial charge on any atom is 0.0465 e. The molecule has 11 rings (SSSR count). The van der Waals surface area contributed by atoms with Crippen molar-refractivity contribution in [3.63, 3.8) is 0 Å². The summed E-state index contributed by atoms with van der Waals surface area (Å²) in [5, 5.41) is 0. The van der Waals surface area contributed by atoms with Crippen molar-refractivity contribution in [2.75, 3.05) is 4.90 Å². The molecule has 0 spiro atoms. The SMILES string of the molecule is Cc1ccc(N(c2ccc3c(c2)C(C)(C)c2cc(-c4ccc(-c5ccccc5)cc4)ccc2-3)c2ccc3c(c2)C(C)(C)c2cc(-c4ccc(-c5ccccc5)cc4)ccc2-3)cc1. The predicted molar refractivity (Wildman–Crippen MR) is 263 cm³/mol. The summed E-state index contributed by atoms with van der Waals surface area (Å²) in [6, 6.07) is 76.6. The molecule has 0 radical (unpaired) electrons. The van der Waals surface area contributed by atoms with E-state index in [9.17, 15) is 0 Å². The van der Waals surface area contributed by atoms with Crippen molar-refractivity contribution in [1.82, 2.24) is 0 Å². The van der Waals surface area contributed by atoms with E-state index >= 15 is 0 Å². The van der Waals surface area contributed by atoms with Gasteiger partial charge < -0.3 is 4.90 Å². The maximum absolute atomic E-state index is 2.46. The minimum atomic E-state index is -0.180. The number of rotatable bonds is 7. The van der Waals surface area contributed by atoms with E-state index in [4.69, 9.17) is 0 Å². The molecule has 0 aromatic heterocycles. The molecule has 0 bridgehead atoms. The van der Waals surface area contributed by atoms with E-state index in [0.29, 0.717) is 0 Å². The Morgan fingerprint density at radius 2 is 0.565 bits per heavy atom. The van der Waals surface area contributed by atoms with Crippen molar-refractivity contribution >= 4 is 17.1 Å². The van der Waals surface area contributed by atoms with E-state index in [1.54, 1.807) is 0 Å². The number of benzene rings is 9.